The van der Waals surface area contributed by atoms with Gasteiger partial charge in [0, 0.05) is 11.6 Å². The lowest BCUT2D eigenvalue weighted by Crippen LogP contribution is -2.24. The number of nitrogens with two attached hydrogens (primary N) is 1. The van der Waals surface area contributed by atoms with E-state index in [4.69, 9.17) is 22.1 Å². The Morgan fingerprint density at radius 2 is 2.00 bits per heavy atom. The molecule has 2 rings (SSSR count). The van der Waals surface area contributed by atoms with E-state index in [1.807, 2.05) is 51.1 Å². The Kier molecular flexibility index (Phi) is 4.58. The molecule has 0 spiro atoms. The Morgan fingerprint density at radius 1 is 1.24 bits per heavy atom. The number of hydrogen-bond donors (Lipinski definition) is 2. The number of rotatable bonds is 4. The van der Waals surface area contributed by atoms with Crippen molar-refractivity contribution in [2.24, 2.45) is 0 Å². The molecular formula is C16H20ClN3O. The zero-order chi connectivity index (χ0) is 15.5. The molecule has 0 amide bonds. The summed E-state index contributed by atoms with van der Waals surface area (Å²) in [4.78, 5) is 4.40. The van der Waals surface area contributed by atoms with Crippen LogP contribution in [0, 0.1) is 0 Å². The van der Waals surface area contributed by atoms with E-state index in [2.05, 4.69) is 10.3 Å². The van der Waals surface area contributed by atoms with Crippen molar-refractivity contribution in [3.05, 3.63) is 47.0 Å². The molecule has 0 aliphatic rings. The largest absolute Gasteiger partial charge is 0.470 e. The van der Waals surface area contributed by atoms with Gasteiger partial charge in [0.15, 0.2) is 0 Å². The van der Waals surface area contributed by atoms with Crippen LogP contribution < -0.4 is 15.8 Å². The molecular weight excluding hydrogens is 286 g/mol. The highest BCUT2D eigenvalue weighted by Gasteiger charge is 2.15. The van der Waals surface area contributed by atoms with Crippen molar-refractivity contribution >= 4 is 23.1 Å². The van der Waals surface area contributed by atoms with Crippen LogP contribution in [-0.4, -0.2) is 10.6 Å². The van der Waals surface area contributed by atoms with E-state index in [0.717, 1.165) is 10.6 Å². The van der Waals surface area contributed by atoms with E-state index >= 15 is 0 Å². The summed E-state index contributed by atoms with van der Waals surface area (Å²) in [5.74, 6) is 1.15. The third-order valence-corrected chi connectivity index (χ3v) is 2.89. The van der Waals surface area contributed by atoms with Crippen LogP contribution in [0.5, 0.6) is 5.88 Å². The van der Waals surface area contributed by atoms with Crippen LogP contribution in [0.3, 0.4) is 0 Å². The van der Waals surface area contributed by atoms with Gasteiger partial charge in [0.05, 0.1) is 5.69 Å². The molecule has 0 aliphatic heterocycles. The average molecular weight is 306 g/mol. The maximum atomic E-state index is 5.97. The molecule has 0 atom stereocenters. The normalized spacial score (nSPS) is 11.2. The molecule has 5 heteroatoms. The van der Waals surface area contributed by atoms with Crippen LogP contribution >= 0.6 is 11.6 Å². The SMILES string of the molecule is CC(C)(C)Oc1nc(NCc2cccc(Cl)c2)ccc1N. The van der Waals surface area contributed by atoms with Gasteiger partial charge in [-0.1, -0.05) is 23.7 Å². The van der Waals surface area contributed by atoms with Gasteiger partial charge in [-0.15, -0.1) is 0 Å². The molecule has 0 bridgehead atoms. The van der Waals surface area contributed by atoms with Gasteiger partial charge in [0.1, 0.15) is 11.4 Å². The molecule has 3 N–H and O–H groups in total. The van der Waals surface area contributed by atoms with E-state index in [1.54, 1.807) is 6.07 Å². The maximum absolute atomic E-state index is 5.97. The molecule has 112 valence electrons. The lowest BCUT2D eigenvalue weighted by molar-refractivity contribution is 0.125. The molecule has 1 aromatic carbocycles. The molecule has 2 aromatic rings. The van der Waals surface area contributed by atoms with Gasteiger partial charge in [-0.25, -0.2) is 0 Å². The molecule has 0 aliphatic carbocycles. The number of nitrogen functional groups attached to an aromatic ring is 1. The van der Waals surface area contributed by atoms with Gasteiger partial charge >= 0.3 is 0 Å². The first-order valence-electron chi connectivity index (χ1n) is 6.77. The standard InChI is InChI=1S/C16H20ClN3O/c1-16(2,3)21-15-13(18)7-8-14(20-15)19-10-11-5-4-6-12(17)9-11/h4-9H,10,18H2,1-3H3,(H,19,20). The maximum Gasteiger partial charge on any atom is 0.239 e. The van der Waals surface area contributed by atoms with Crippen molar-refractivity contribution in [2.45, 2.75) is 32.9 Å². The van der Waals surface area contributed by atoms with Gasteiger partial charge in [-0.2, -0.15) is 4.98 Å². The van der Waals surface area contributed by atoms with Crippen molar-refractivity contribution in [3.8, 4) is 5.88 Å². The second-order valence-corrected chi connectivity index (χ2v) is 6.23. The van der Waals surface area contributed by atoms with Crippen LogP contribution in [0.4, 0.5) is 11.5 Å². The fourth-order valence-corrected chi connectivity index (χ4v) is 1.97. The molecule has 1 heterocycles. The number of benzene rings is 1. The average Bonchev–Trinajstić information content (AvgIpc) is 2.38. The molecule has 0 unspecified atom stereocenters. The van der Waals surface area contributed by atoms with Gasteiger partial charge in [-0.3, -0.25) is 0 Å². The van der Waals surface area contributed by atoms with Gasteiger partial charge < -0.3 is 15.8 Å². The first kappa shape index (κ1) is 15.4. The molecule has 0 saturated carbocycles. The van der Waals surface area contributed by atoms with E-state index in [0.29, 0.717) is 23.9 Å². The highest BCUT2D eigenvalue weighted by atomic mass is 35.5. The second kappa shape index (κ2) is 6.22. The third-order valence-electron chi connectivity index (χ3n) is 2.66. The molecule has 21 heavy (non-hydrogen) atoms. The second-order valence-electron chi connectivity index (χ2n) is 5.79. The summed E-state index contributed by atoms with van der Waals surface area (Å²) in [6, 6.07) is 11.3. The van der Waals surface area contributed by atoms with Gasteiger partial charge in [0.25, 0.3) is 0 Å². The number of pyridine rings is 1. The fraction of sp³-hybridized carbons (Fsp3) is 0.312. The molecule has 0 saturated heterocycles. The highest BCUT2D eigenvalue weighted by molar-refractivity contribution is 6.30. The van der Waals surface area contributed by atoms with Crippen molar-refractivity contribution in [1.29, 1.82) is 0 Å². The van der Waals surface area contributed by atoms with Crippen LogP contribution in [0.1, 0.15) is 26.3 Å². The Bertz CT molecular complexity index is 623. The van der Waals surface area contributed by atoms with Crippen molar-refractivity contribution in [2.75, 3.05) is 11.1 Å². The Hall–Kier alpha value is -1.94. The summed E-state index contributed by atoms with van der Waals surface area (Å²) in [7, 11) is 0. The van der Waals surface area contributed by atoms with Crippen LogP contribution in [-0.2, 0) is 6.54 Å². The van der Waals surface area contributed by atoms with E-state index in [9.17, 15) is 0 Å². The quantitative estimate of drug-likeness (QED) is 0.892. The van der Waals surface area contributed by atoms with Crippen molar-refractivity contribution < 1.29 is 4.74 Å². The highest BCUT2D eigenvalue weighted by Crippen LogP contribution is 2.25. The number of nitrogens with zero attached hydrogens (tertiary/aromatic N) is 1. The van der Waals surface area contributed by atoms with E-state index in [-0.39, 0.29) is 5.60 Å². The summed E-state index contributed by atoms with van der Waals surface area (Å²) in [5, 5.41) is 3.96. The first-order valence-corrected chi connectivity index (χ1v) is 7.15. The minimum atomic E-state index is -0.341. The van der Waals surface area contributed by atoms with Crippen LogP contribution in [0.25, 0.3) is 0 Å². The zero-order valence-electron chi connectivity index (χ0n) is 12.5. The Morgan fingerprint density at radius 3 is 2.67 bits per heavy atom. The molecule has 0 fully saturated rings. The number of anilines is 2. The van der Waals surface area contributed by atoms with Crippen LogP contribution in [0.2, 0.25) is 5.02 Å². The predicted octanol–water partition coefficient (Wildman–Crippen LogP) is 4.11. The first-order chi connectivity index (χ1) is 9.83. The fourth-order valence-electron chi connectivity index (χ4n) is 1.76. The predicted molar refractivity (Wildman–Crippen MR) is 87.8 cm³/mol. The minimum absolute atomic E-state index is 0.341. The lowest BCUT2D eigenvalue weighted by Gasteiger charge is -2.21. The van der Waals surface area contributed by atoms with Crippen molar-refractivity contribution in [3.63, 3.8) is 0 Å². The molecule has 4 nitrogen and oxygen atoms in total. The lowest BCUT2D eigenvalue weighted by atomic mass is 10.2. The monoisotopic (exact) mass is 305 g/mol. The summed E-state index contributed by atoms with van der Waals surface area (Å²) in [6.07, 6.45) is 0. The minimum Gasteiger partial charge on any atom is -0.470 e. The number of halogens is 1. The van der Waals surface area contributed by atoms with E-state index in [1.165, 1.54) is 0 Å². The van der Waals surface area contributed by atoms with Crippen LogP contribution in [0.15, 0.2) is 36.4 Å². The smallest absolute Gasteiger partial charge is 0.239 e. The van der Waals surface area contributed by atoms with E-state index < -0.39 is 0 Å². The molecule has 1 aromatic heterocycles. The summed E-state index contributed by atoms with van der Waals surface area (Å²) in [6.45, 7) is 6.51. The number of aromatic nitrogens is 1. The number of hydrogen-bond acceptors (Lipinski definition) is 4. The summed E-state index contributed by atoms with van der Waals surface area (Å²) in [5.41, 5.74) is 7.16. The molecule has 0 radical (unpaired) electrons. The Balaban J connectivity index is 2.09. The van der Waals surface area contributed by atoms with Gasteiger partial charge in [0.2, 0.25) is 5.88 Å². The van der Waals surface area contributed by atoms with Crippen molar-refractivity contribution in [1.82, 2.24) is 4.98 Å². The number of ether oxygens (including phenoxy) is 1. The topological polar surface area (TPSA) is 60.2 Å². The zero-order valence-corrected chi connectivity index (χ0v) is 13.2. The summed E-state index contributed by atoms with van der Waals surface area (Å²) >= 11 is 5.97. The summed E-state index contributed by atoms with van der Waals surface area (Å²) < 4.78 is 5.75. The third kappa shape index (κ3) is 4.83. The number of nitrogens with one attached hydrogen (secondary N) is 1. The van der Waals surface area contributed by atoms with Gasteiger partial charge in [-0.05, 0) is 50.6 Å². The Labute approximate surface area is 130 Å².